The van der Waals surface area contributed by atoms with Gasteiger partial charge in [0.1, 0.15) is 11.6 Å². The number of hydrogen-bond acceptors (Lipinski definition) is 6. The highest BCUT2D eigenvalue weighted by molar-refractivity contribution is 14.1. The number of amides is 3. The lowest BCUT2D eigenvalue weighted by atomic mass is 10.0. The van der Waals surface area contributed by atoms with Crippen molar-refractivity contribution in [3.05, 3.63) is 99.1 Å². The summed E-state index contributed by atoms with van der Waals surface area (Å²) in [6, 6.07) is 14.4. The Kier molecular flexibility index (Phi) is 8.18. The summed E-state index contributed by atoms with van der Waals surface area (Å²) in [5.41, 5.74) is 9.87. The molecule has 3 amide bonds. The van der Waals surface area contributed by atoms with E-state index < -0.39 is 11.8 Å². The molecule has 0 aliphatic carbocycles. The Morgan fingerprint density at radius 2 is 1.82 bits per heavy atom. The van der Waals surface area contributed by atoms with Crippen LogP contribution in [0.4, 0.5) is 26.4 Å². The molecule has 11 heteroatoms. The predicted molar refractivity (Wildman–Crippen MR) is 165 cm³/mol. The number of rotatable bonds is 5. The fourth-order valence-corrected chi connectivity index (χ4v) is 5.39. The molecular weight excluding hydrogens is 642 g/mol. The number of benzene rings is 2. The van der Waals surface area contributed by atoms with E-state index in [0.717, 1.165) is 24.8 Å². The number of anilines is 3. The van der Waals surface area contributed by atoms with Gasteiger partial charge in [0, 0.05) is 44.4 Å². The van der Waals surface area contributed by atoms with Crippen LogP contribution in [0.5, 0.6) is 0 Å². The van der Waals surface area contributed by atoms with Gasteiger partial charge >= 0.3 is 6.03 Å². The molecular formula is C29H20FIN6O2S. The third kappa shape index (κ3) is 6.19. The second-order valence-corrected chi connectivity index (χ2v) is 10.5. The van der Waals surface area contributed by atoms with Crippen LogP contribution >= 0.6 is 33.9 Å². The van der Waals surface area contributed by atoms with Gasteiger partial charge in [-0.05, 0) is 76.0 Å². The molecule has 0 saturated carbocycles. The molecule has 0 radical (unpaired) electrons. The standard InChI is InChI=1S/C29H20FIN6O2S/c30-23-8-5-20(31)14-24(23)37-29(39)36-21-6-3-17(4-7-21)22-16-40-26-19(15-35-27(32)25(22)26)2-1-11-34-28(38)18-9-12-33-13-10-18/h3-10,12-16H,11H2,(H2,32,35)(H,34,38)(H2,36,37,39). The van der Waals surface area contributed by atoms with E-state index in [1.807, 2.05) is 40.1 Å². The first-order valence-corrected chi connectivity index (χ1v) is 13.8. The first kappa shape index (κ1) is 27.0. The molecule has 3 aromatic heterocycles. The van der Waals surface area contributed by atoms with Gasteiger partial charge < -0.3 is 21.7 Å². The number of nitrogens with one attached hydrogen (secondary N) is 3. The van der Waals surface area contributed by atoms with Gasteiger partial charge in [-0.25, -0.2) is 14.2 Å². The molecule has 40 heavy (non-hydrogen) atoms. The maximum atomic E-state index is 14.0. The summed E-state index contributed by atoms with van der Waals surface area (Å²) in [4.78, 5) is 32.8. The summed E-state index contributed by atoms with van der Waals surface area (Å²) in [6.07, 6.45) is 4.74. The summed E-state index contributed by atoms with van der Waals surface area (Å²) in [5.74, 6) is 5.69. The summed E-state index contributed by atoms with van der Waals surface area (Å²) in [6.45, 7) is 0.170. The number of hydrogen-bond donors (Lipinski definition) is 4. The van der Waals surface area contributed by atoms with Crippen LogP contribution < -0.4 is 21.7 Å². The van der Waals surface area contributed by atoms with Gasteiger partial charge in [0.2, 0.25) is 0 Å². The second-order valence-electron chi connectivity index (χ2n) is 8.41. The van der Waals surface area contributed by atoms with Crippen molar-refractivity contribution in [2.45, 2.75) is 0 Å². The SMILES string of the molecule is Nc1ncc(C#CCNC(=O)c2ccncc2)c2scc(-c3ccc(NC(=O)Nc4cc(I)ccc4F)cc3)c12. The zero-order valence-corrected chi connectivity index (χ0v) is 23.6. The average molecular weight is 662 g/mol. The van der Waals surface area contributed by atoms with Gasteiger partial charge in [-0.15, -0.1) is 11.3 Å². The molecule has 3 heterocycles. The third-order valence-electron chi connectivity index (χ3n) is 5.76. The minimum atomic E-state index is -0.553. The Labute approximate surface area is 246 Å². The van der Waals surface area contributed by atoms with E-state index >= 15 is 0 Å². The van der Waals surface area contributed by atoms with Crippen molar-refractivity contribution < 1.29 is 14.0 Å². The van der Waals surface area contributed by atoms with E-state index in [4.69, 9.17) is 5.73 Å². The zero-order valence-electron chi connectivity index (χ0n) is 20.7. The van der Waals surface area contributed by atoms with Crippen molar-refractivity contribution in [2.24, 2.45) is 0 Å². The molecule has 2 aromatic carbocycles. The molecule has 0 aliphatic rings. The lowest BCUT2D eigenvalue weighted by molar-refractivity contribution is 0.0958. The predicted octanol–water partition coefficient (Wildman–Crippen LogP) is 6.11. The van der Waals surface area contributed by atoms with Crippen LogP contribution in [0.1, 0.15) is 15.9 Å². The van der Waals surface area contributed by atoms with Gasteiger partial charge in [-0.2, -0.15) is 0 Å². The molecule has 0 aliphatic heterocycles. The van der Waals surface area contributed by atoms with E-state index in [9.17, 15) is 14.0 Å². The Bertz CT molecular complexity index is 1780. The van der Waals surface area contributed by atoms with Gasteiger partial charge in [-0.1, -0.05) is 24.0 Å². The first-order chi connectivity index (χ1) is 19.4. The smallest absolute Gasteiger partial charge is 0.323 e. The number of thiophene rings is 1. The van der Waals surface area contributed by atoms with Crippen molar-refractivity contribution in [1.82, 2.24) is 15.3 Å². The van der Waals surface area contributed by atoms with Crippen molar-refractivity contribution in [1.29, 1.82) is 0 Å². The lowest BCUT2D eigenvalue weighted by Crippen LogP contribution is -2.23. The molecule has 8 nitrogen and oxygen atoms in total. The van der Waals surface area contributed by atoms with Crippen molar-refractivity contribution >= 4 is 73.1 Å². The first-order valence-electron chi connectivity index (χ1n) is 11.9. The molecule has 0 spiro atoms. The number of nitrogens with two attached hydrogens (primary N) is 1. The van der Waals surface area contributed by atoms with Gasteiger partial charge in [0.25, 0.3) is 5.91 Å². The molecule has 0 unspecified atom stereocenters. The van der Waals surface area contributed by atoms with E-state index in [-0.39, 0.29) is 18.1 Å². The van der Waals surface area contributed by atoms with Gasteiger partial charge in [0.05, 0.1) is 22.5 Å². The number of nitrogens with zero attached hydrogens (tertiary/aromatic N) is 2. The second kappa shape index (κ2) is 12.1. The van der Waals surface area contributed by atoms with Crippen LogP contribution in [0.25, 0.3) is 21.2 Å². The van der Waals surface area contributed by atoms with E-state index in [1.54, 1.807) is 55.0 Å². The summed E-state index contributed by atoms with van der Waals surface area (Å²) < 4.78 is 15.7. The number of urea groups is 1. The number of nitrogen functional groups attached to an aromatic ring is 1. The number of carbonyl (C=O) groups excluding carboxylic acids is 2. The highest BCUT2D eigenvalue weighted by Gasteiger charge is 2.14. The maximum Gasteiger partial charge on any atom is 0.323 e. The number of fused-ring (bicyclic) bond motifs is 1. The summed E-state index contributed by atoms with van der Waals surface area (Å²) in [7, 11) is 0. The van der Waals surface area contributed by atoms with Gasteiger partial charge in [-0.3, -0.25) is 9.78 Å². The van der Waals surface area contributed by atoms with Crippen LogP contribution in [-0.4, -0.2) is 28.5 Å². The summed E-state index contributed by atoms with van der Waals surface area (Å²) in [5, 5.41) is 10.8. The Morgan fingerprint density at radius 3 is 2.60 bits per heavy atom. The molecule has 0 saturated heterocycles. The van der Waals surface area contributed by atoms with Crippen LogP contribution in [0, 0.1) is 21.2 Å². The number of carbonyl (C=O) groups is 2. The third-order valence-corrected chi connectivity index (χ3v) is 7.44. The molecule has 0 fully saturated rings. The largest absolute Gasteiger partial charge is 0.383 e. The van der Waals surface area contributed by atoms with Crippen LogP contribution in [0.2, 0.25) is 0 Å². The molecule has 198 valence electrons. The molecule has 0 atom stereocenters. The van der Waals surface area contributed by atoms with Crippen LogP contribution in [0.15, 0.2) is 78.6 Å². The fraction of sp³-hybridized carbons (Fsp3) is 0.0345. The van der Waals surface area contributed by atoms with Crippen LogP contribution in [-0.2, 0) is 0 Å². The van der Waals surface area contributed by atoms with Crippen molar-refractivity contribution in [2.75, 3.05) is 22.9 Å². The van der Waals surface area contributed by atoms with E-state index in [1.165, 1.54) is 17.4 Å². The molecule has 5 rings (SSSR count). The minimum absolute atomic E-state index is 0.101. The molecule has 5 aromatic rings. The maximum absolute atomic E-state index is 14.0. The van der Waals surface area contributed by atoms with Crippen molar-refractivity contribution in [3.63, 3.8) is 0 Å². The Hall–Kier alpha value is -4.54. The van der Waals surface area contributed by atoms with Crippen LogP contribution in [0.3, 0.4) is 0 Å². The Morgan fingerprint density at radius 1 is 1.05 bits per heavy atom. The highest BCUT2D eigenvalue weighted by atomic mass is 127. The Balaban J connectivity index is 1.29. The van der Waals surface area contributed by atoms with E-state index in [0.29, 0.717) is 22.6 Å². The number of aromatic nitrogens is 2. The average Bonchev–Trinajstić information content (AvgIpc) is 3.41. The molecule has 5 N–H and O–H groups in total. The topological polar surface area (TPSA) is 122 Å². The number of halogens is 2. The van der Waals surface area contributed by atoms with Gasteiger partial charge in [0.15, 0.2) is 0 Å². The number of pyridine rings is 2. The monoisotopic (exact) mass is 662 g/mol. The lowest BCUT2D eigenvalue weighted by Gasteiger charge is -2.10. The normalized spacial score (nSPS) is 10.4. The quantitative estimate of drug-likeness (QED) is 0.134. The summed E-state index contributed by atoms with van der Waals surface area (Å²) >= 11 is 3.54. The molecule has 0 bridgehead atoms. The van der Waals surface area contributed by atoms with Crippen molar-refractivity contribution in [3.8, 4) is 23.0 Å². The zero-order chi connectivity index (χ0) is 28.1. The highest BCUT2D eigenvalue weighted by Crippen LogP contribution is 2.38. The minimum Gasteiger partial charge on any atom is -0.383 e. The fourth-order valence-electron chi connectivity index (χ4n) is 3.85. The van der Waals surface area contributed by atoms with E-state index in [2.05, 4.69) is 37.8 Å².